The summed E-state index contributed by atoms with van der Waals surface area (Å²) in [6, 6.07) is 0. The summed E-state index contributed by atoms with van der Waals surface area (Å²) in [5, 5.41) is 17.6. The summed E-state index contributed by atoms with van der Waals surface area (Å²) in [4.78, 5) is 10.7. The molecule has 1 atom stereocenters. The van der Waals surface area contributed by atoms with E-state index in [4.69, 9.17) is 14.6 Å². The lowest BCUT2D eigenvalue weighted by Crippen LogP contribution is -2.25. The molecule has 0 saturated heterocycles. The van der Waals surface area contributed by atoms with Crippen LogP contribution in [0.2, 0.25) is 0 Å². The van der Waals surface area contributed by atoms with Crippen LogP contribution in [0.4, 0.5) is 0 Å². The molecule has 1 aromatic rings. The van der Waals surface area contributed by atoms with Gasteiger partial charge in [-0.3, -0.25) is 4.79 Å². The van der Waals surface area contributed by atoms with Gasteiger partial charge in [0.1, 0.15) is 5.82 Å². The average molecular weight is 303 g/mol. The highest BCUT2D eigenvalue weighted by Gasteiger charge is 2.17. The molecule has 0 radical (unpaired) electrons. The minimum absolute atomic E-state index is 0.0355. The van der Waals surface area contributed by atoms with E-state index in [1.807, 2.05) is 4.57 Å². The number of hydrogen-bond donors (Lipinski definition) is 1. The molecule has 0 amide bonds. The van der Waals surface area contributed by atoms with Crippen molar-refractivity contribution in [2.45, 2.75) is 37.6 Å². The van der Waals surface area contributed by atoms with Gasteiger partial charge in [0.25, 0.3) is 0 Å². The van der Waals surface area contributed by atoms with Crippen molar-refractivity contribution in [3.63, 3.8) is 0 Å². The van der Waals surface area contributed by atoms with Crippen molar-refractivity contribution in [2.24, 2.45) is 0 Å². The van der Waals surface area contributed by atoms with Crippen LogP contribution in [-0.4, -0.2) is 58.5 Å². The van der Waals surface area contributed by atoms with Gasteiger partial charge >= 0.3 is 5.97 Å². The second-order valence-corrected chi connectivity index (χ2v) is 5.20. The Labute approximate surface area is 122 Å². The molecule has 0 bridgehead atoms. The van der Waals surface area contributed by atoms with E-state index in [0.29, 0.717) is 18.3 Å². The first-order valence-electron chi connectivity index (χ1n) is 6.40. The third-order valence-corrected chi connectivity index (χ3v) is 3.62. The van der Waals surface area contributed by atoms with Crippen LogP contribution < -0.4 is 0 Å². The van der Waals surface area contributed by atoms with Crippen molar-refractivity contribution in [3.8, 4) is 0 Å². The number of rotatable bonds is 10. The van der Waals surface area contributed by atoms with Gasteiger partial charge in [-0.1, -0.05) is 18.7 Å². The lowest BCUT2D eigenvalue weighted by Gasteiger charge is -2.17. The van der Waals surface area contributed by atoms with Gasteiger partial charge in [-0.2, -0.15) is 0 Å². The van der Waals surface area contributed by atoms with Crippen LogP contribution in [0.3, 0.4) is 0 Å². The number of thioether (sulfide) groups is 1. The highest BCUT2D eigenvalue weighted by molar-refractivity contribution is 7.99. The molecule has 0 aromatic carbocycles. The third kappa shape index (κ3) is 5.10. The molecule has 114 valence electrons. The van der Waals surface area contributed by atoms with Crippen LogP contribution in [0.1, 0.15) is 19.2 Å². The molecule has 0 saturated carbocycles. The van der Waals surface area contributed by atoms with Crippen LogP contribution in [0.15, 0.2) is 5.16 Å². The van der Waals surface area contributed by atoms with Crippen molar-refractivity contribution >= 4 is 17.7 Å². The maximum Gasteiger partial charge on any atom is 0.313 e. The zero-order valence-electron chi connectivity index (χ0n) is 12.0. The molecule has 8 heteroatoms. The highest BCUT2D eigenvalue weighted by Crippen LogP contribution is 2.18. The summed E-state index contributed by atoms with van der Waals surface area (Å²) in [6.45, 7) is 3.07. The van der Waals surface area contributed by atoms with E-state index in [1.165, 1.54) is 11.8 Å². The number of nitrogens with zero attached hydrogens (tertiary/aromatic N) is 3. The number of carboxylic acid groups (broad SMARTS) is 1. The number of aryl methyl sites for hydroxylation is 1. The lowest BCUT2D eigenvalue weighted by molar-refractivity contribution is -0.133. The van der Waals surface area contributed by atoms with Gasteiger partial charge in [-0.15, -0.1) is 10.2 Å². The topological polar surface area (TPSA) is 86.5 Å². The van der Waals surface area contributed by atoms with Crippen LogP contribution in [-0.2, 0) is 27.2 Å². The van der Waals surface area contributed by atoms with Gasteiger partial charge in [0, 0.05) is 20.6 Å². The molecule has 1 rings (SSSR count). The summed E-state index contributed by atoms with van der Waals surface area (Å²) >= 11 is 1.17. The first-order valence-corrected chi connectivity index (χ1v) is 7.39. The first kappa shape index (κ1) is 16.9. The highest BCUT2D eigenvalue weighted by atomic mass is 32.2. The summed E-state index contributed by atoms with van der Waals surface area (Å²) in [7, 11) is 3.24. The van der Waals surface area contributed by atoms with E-state index < -0.39 is 5.97 Å². The van der Waals surface area contributed by atoms with Crippen LogP contribution in [0.25, 0.3) is 0 Å². The Kier molecular flexibility index (Phi) is 7.56. The normalized spacial score (nSPS) is 12.6. The Morgan fingerprint density at radius 1 is 1.45 bits per heavy atom. The molecule has 0 aliphatic rings. The van der Waals surface area contributed by atoms with E-state index in [2.05, 4.69) is 17.1 Å². The van der Waals surface area contributed by atoms with Gasteiger partial charge in [0.2, 0.25) is 0 Å². The second-order valence-electron chi connectivity index (χ2n) is 4.25. The number of ether oxygens (including phenoxy) is 2. The monoisotopic (exact) mass is 303 g/mol. The van der Waals surface area contributed by atoms with Crippen molar-refractivity contribution in [1.29, 1.82) is 0 Å². The van der Waals surface area contributed by atoms with Crippen LogP contribution >= 0.6 is 11.8 Å². The molecule has 0 fully saturated rings. The van der Waals surface area contributed by atoms with E-state index in [-0.39, 0.29) is 11.9 Å². The molecule has 1 unspecified atom stereocenters. The number of hydrogen-bond acceptors (Lipinski definition) is 6. The summed E-state index contributed by atoms with van der Waals surface area (Å²) in [5.74, 6) is -0.0630. The molecule has 1 heterocycles. The fourth-order valence-corrected chi connectivity index (χ4v) is 2.42. The smallest absolute Gasteiger partial charge is 0.313 e. The number of carbonyl (C=O) groups is 1. The van der Waals surface area contributed by atoms with Gasteiger partial charge in [-0.25, -0.2) is 0 Å². The maximum absolute atomic E-state index is 10.7. The SMILES string of the molecule is CCCc1nnc(SCC(=O)O)n1CC(COC)OC. The maximum atomic E-state index is 10.7. The Hall–Kier alpha value is -1.12. The molecule has 0 aliphatic carbocycles. The van der Waals surface area contributed by atoms with E-state index in [0.717, 1.165) is 18.7 Å². The summed E-state index contributed by atoms with van der Waals surface area (Å²) < 4.78 is 12.4. The van der Waals surface area contributed by atoms with Crippen molar-refractivity contribution < 1.29 is 19.4 Å². The Bertz CT molecular complexity index is 425. The van der Waals surface area contributed by atoms with Gasteiger partial charge in [-0.05, 0) is 6.42 Å². The molecule has 1 N–H and O–H groups in total. The predicted octanol–water partition coefficient (Wildman–Crippen LogP) is 1.07. The minimum Gasteiger partial charge on any atom is -0.481 e. The van der Waals surface area contributed by atoms with Gasteiger partial charge < -0.3 is 19.1 Å². The molecule has 20 heavy (non-hydrogen) atoms. The van der Waals surface area contributed by atoms with Crippen molar-refractivity contribution in [2.75, 3.05) is 26.6 Å². The zero-order chi connectivity index (χ0) is 15.0. The standard InChI is InChI=1S/C12H21N3O4S/c1-4-5-10-13-14-12(20-8-11(16)17)15(10)6-9(19-3)7-18-2/h9H,4-8H2,1-3H3,(H,16,17). The lowest BCUT2D eigenvalue weighted by atomic mass is 10.3. The Morgan fingerprint density at radius 2 is 2.20 bits per heavy atom. The number of aliphatic carboxylic acids is 1. The summed E-state index contributed by atoms with van der Waals surface area (Å²) in [6.07, 6.45) is 1.63. The molecule has 0 aliphatic heterocycles. The number of methoxy groups -OCH3 is 2. The van der Waals surface area contributed by atoms with E-state index in [9.17, 15) is 4.79 Å². The molecular formula is C12H21N3O4S. The summed E-state index contributed by atoms with van der Waals surface area (Å²) in [5.41, 5.74) is 0. The first-order chi connectivity index (χ1) is 9.62. The van der Waals surface area contributed by atoms with Crippen molar-refractivity contribution in [3.05, 3.63) is 5.82 Å². The van der Waals surface area contributed by atoms with Crippen LogP contribution in [0.5, 0.6) is 0 Å². The van der Waals surface area contributed by atoms with E-state index >= 15 is 0 Å². The Morgan fingerprint density at radius 3 is 2.75 bits per heavy atom. The van der Waals surface area contributed by atoms with Gasteiger partial charge in [0.15, 0.2) is 5.16 Å². The largest absolute Gasteiger partial charge is 0.481 e. The predicted molar refractivity (Wildman–Crippen MR) is 75.0 cm³/mol. The fraction of sp³-hybridized carbons (Fsp3) is 0.750. The minimum atomic E-state index is -0.873. The van der Waals surface area contributed by atoms with E-state index in [1.54, 1.807) is 14.2 Å². The fourth-order valence-electron chi connectivity index (χ4n) is 1.73. The number of carboxylic acids is 1. The second kappa shape index (κ2) is 8.93. The zero-order valence-corrected chi connectivity index (χ0v) is 12.9. The van der Waals surface area contributed by atoms with Gasteiger partial charge in [0.05, 0.1) is 25.0 Å². The average Bonchev–Trinajstić information content (AvgIpc) is 2.79. The molecule has 7 nitrogen and oxygen atoms in total. The third-order valence-electron chi connectivity index (χ3n) is 2.66. The van der Waals surface area contributed by atoms with Crippen molar-refractivity contribution in [1.82, 2.24) is 14.8 Å². The quantitative estimate of drug-likeness (QED) is 0.647. The number of aromatic nitrogens is 3. The van der Waals surface area contributed by atoms with Crippen LogP contribution in [0, 0.1) is 0 Å². The molecule has 0 spiro atoms. The Balaban J connectivity index is 2.86. The molecule has 1 aromatic heterocycles. The molecular weight excluding hydrogens is 282 g/mol.